The van der Waals surface area contributed by atoms with Crippen LogP contribution in [0.15, 0.2) is 23.5 Å². The zero-order valence-corrected chi connectivity index (χ0v) is 19.6. The van der Waals surface area contributed by atoms with Crippen LogP contribution in [0.25, 0.3) is 0 Å². The molecule has 160 valence electrons. The van der Waals surface area contributed by atoms with Crippen LogP contribution in [0.5, 0.6) is 0 Å². The summed E-state index contributed by atoms with van der Waals surface area (Å²) in [6.45, 7) is 7.64. The molecule has 3 unspecified atom stereocenters. The van der Waals surface area contributed by atoms with Crippen molar-refractivity contribution >= 4 is 35.9 Å². The van der Waals surface area contributed by atoms with Gasteiger partial charge in [-0.2, -0.15) is 0 Å². The van der Waals surface area contributed by atoms with Crippen LogP contribution >= 0.6 is 24.0 Å². The van der Waals surface area contributed by atoms with E-state index in [4.69, 9.17) is 9.73 Å². The second kappa shape index (κ2) is 8.91. The van der Waals surface area contributed by atoms with Crippen molar-refractivity contribution in [1.82, 2.24) is 20.2 Å². The zero-order chi connectivity index (χ0) is 19.0. The maximum Gasteiger partial charge on any atom is 0.225 e. The highest BCUT2D eigenvalue weighted by Gasteiger charge is 2.65. The fourth-order valence-corrected chi connectivity index (χ4v) is 6.00. The van der Waals surface area contributed by atoms with Crippen molar-refractivity contribution < 1.29 is 4.74 Å². The van der Waals surface area contributed by atoms with Gasteiger partial charge in [0.05, 0.1) is 6.10 Å². The summed E-state index contributed by atoms with van der Waals surface area (Å²) in [7, 11) is 0. The molecule has 3 heterocycles. The van der Waals surface area contributed by atoms with Crippen LogP contribution in [0.3, 0.4) is 0 Å². The van der Waals surface area contributed by atoms with Crippen molar-refractivity contribution in [3.05, 3.63) is 18.5 Å². The zero-order valence-electron chi connectivity index (χ0n) is 17.3. The summed E-state index contributed by atoms with van der Waals surface area (Å²) < 4.78 is 6.16. The van der Waals surface area contributed by atoms with Crippen molar-refractivity contribution in [3.8, 4) is 0 Å². The molecule has 8 heteroatoms. The van der Waals surface area contributed by atoms with Gasteiger partial charge in [-0.05, 0) is 32.3 Å². The number of anilines is 1. The first-order valence-electron chi connectivity index (χ1n) is 11.0. The molecule has 2 saturated carbocycles. The van der Waals surface area contributed by atoms with Gasteiger partial charge in [-0.15, -0.1) is 24.0 Å². The van der Waals surface area contributed by atoms with E-state index in [2.05, 4.69) is 32.0 Å². The van der Waals surface area contributed by atoms with E-state index in [0.717, 1.165) is 51.2 Å². The van der Waals surface area contributed by atoms with Gasteiger partial charge in [-0.25, -0.2) is 9.97 Å². The largest absolute Gasteiger partial charge is 0.377 e. The lowest BCUT2D eigenvalue weighted by molar-refractivity contribution is -0.125. The molecule has 7 nitrogen and oxygen atoms in total. The number of nitrogens with zero attached hydrogens (tertiary/aromatic N) is 5. The maximum atomic E-state index is 6.16. The minimum Gasteiger partial charge on any atom is -0.377 e. The Labute approximate surface area is 190 Å². The minimum atomic E-state index is 0. The van der Waals surface area contributed by atoms with E-state index in [0.29, 0.717) is 23.5 Å². The van der Waals surface area contributed by atoms with Crippen LogP contribution in [0, 0.1) is 11.3 Å². The van der Waals surface area contributed by atoms with Gasteiger partial charge in [0, 0.05) is 69.1 Å². The number of nitrogens with one attached hydrogen (secondary N) is 1. The van der Waals surface area contributed by atoms with Crippen molar-refractivity contribution in [2.75, 3.05) is 44.2 Å². The van der Waals surface area contributed by atoms with Gasteiger partial charge in [0.15, 0.2) is 5.96 Å². The molecule has 1 aromatic rings. The number of guanidine groups is 1. The Morgan fingerprint density at radius 1 is 1.21 bits per heavy atom. The highest BCUT2D eigenvalue weighted by atomic mass is 127. The van der Waals surface area contributed by atoms with E-state index in [1.54, 1.807) is 0 Å². The average Bonchev–Trinajstić information content (AvgIpc) is 3.41. The van der Waals surface area contributed by atoms with E-state index in [1.165, 1.54) is 32.1 Å². The predicted molar refractivity (Wildman–Crippen MR) is 125 cm³/mol. The molecule has 3 atom stereocenters. The summed E-state index contributed by atoms with van der Waals surface area (Å²) in [6, 6.07) is 2.40. The first kappa shape index (κ1) is 21.1. The lowest BCUT2D eigenvalue weighted by Crippen LogP contribution is -2.70. The molecule has 29 heavy (non-hydrogen) atoms. The van der Waals surface area contributed by atoms with Crippen molar-refractivity contribution in [2.45, 2.75) is 51.2 Å². The summed E-state index contributed by atoms with van der Waals surface area (Å²) in [4.78, 5) is 18.4. The number of halogens is 1. The number of hydrogen-bond donors (Lipinski definition) is 1. The summed E-state index contributed by atoms with van der Waals surface area (Å²) in [5.41, 5.74) is 0.357. The molecule has 4 fully saturated rings. The van der Waals surface area contributed by atoms with E-state index >= 15 is 0 Å². The van der Waals surface area contributed by atoms with Crippen LogP contribution in [0.1, 0.15) is 39.0 Å². The van der Waals surface area contributed by atoms with E-state index in [-0.39, 0.29) is 24.0 Å². The van der Waals surface area contributed by atoms with Crippen LogP contribution in [-0.4, -0.2) is 72.3 Å². The minimum absolute atomic E-state index is 0. The van der Waals surface area contributed by atoms with E-state index < -0.39 is 0 Å². The molecular formula is C21H33IN6O. The summed E-state index contributed by atoms with van der Waals surface area (Å²) in [5, 5.41) is 3.93. The Morgan fingerprint density at radius 2 is 1.93 bits per heavy atom. The molecule has 1 N–H and O–H groups in total. The molecule has 1 spiro atoms. The number of aliphatic imine (C=N–C) groups is 1. The van der Waals surface area contributed by atoms with E-state index in [1.807, 2.05) is 18.5 Å². The lowest BCUT2D eigenvalue weighted by atomic mass is 9.54. The summed E-state index contributed by atoms with van der Waals surface area (Å²) in [5.74, 6) is 2.59. The van der Waals surface area contributed by atoms with Gasteiger partial charge >= 0.3 is 0 Å². The van der Waals surface area contributed by atoms with Gasteiger partial charge < -0.3 is 19.9 Å². The number of rotatable bonds is 3. The predicted octanol–water partition coefficient (Wildman–Crippen LogP) is 2.53. The van der Waals surface area contributed by atoms with Crippen LogP contribution in [-0.2, 0) is 4.74 Å². The normalized spacial score (nSPS) is 30.7. The van der Waals surface area contributed by atoms with Crippen LogP contribution in [0.2, 0.25) is 0 Å². The van der Waals surface area contributed by atoms with Crippen LogP contribution in [0.4, 0.5) is 5.95 Å². The fourth-order valence-electron chi connectivity index (χ4n) is 6.00. The molecule has 5 rings (SSSR count). The van der Waals surface area contributed by atoms with Crippen LogP contribution < -0.4 is 10.2 Å². The summed E-state index contributed by atoms with van der Waals surface area (Å²) in [6.07, 6.45) is 10.6. The average molecular weight is 512 g/mol. The number of aromatic nitrogens is 2. The fraction of sp³-hybridized carbons (Fsp3) is 0.762. The lowest BCUT2D eigenvalue weighted by Gasteiger charge is -2.57. The molecule has 4 aliphatic rings. The van der Waals surface area contributed by atoms with Crippen molar-refractivity contribution in [1.29, 1.82) is 0 Å². The topological polar surface area (TPSA) is 65.9 Å². The Hall–Kier alpha value is -1.16. The molecule has 2 aliphatic heterocycles. The number of ether oxygens (including phenoxy) is 1. The highest BCUT2D eigenvalue weighted by Crippen LogP contribution is 2.60. The second-order valence-electron chi connectivity index (χ2n) is 8.63. The maximum absolute atomic E-state index is 6.16. The molecule has 0 amide bonds. The molecule has 0 aromatic carbocycles. The molecule has 2 saturated heterocycles. The number of fused-ring (bicyclic) bond motifs is 2. The second-order valence-corrected chi connectivity index (χ2v) is 8.63. The third-order valence-corrected chi connectivity index (χ3v) is 7.29. The SMILES string of the molecule is CCN=C(NC1C2CCOC2C12CCCC2)N1CCN(c2ncccn2)CC1.I. The van der Waals surface area contributed by atoms with E-state index in [9.17, 15) is 0 Å². The third-order valence-electron chi connectivity index (χ3n) is 7.29. The molecule has 1 aromatic heterocycles. The molecule has 0 radical (unpaired) electrons. The molecule has 2 aliphatic carbocycles. The first-order chi connectivity index (χ1) is 13.8. The first-order valence-corrected chi connectivity index (χ1v) is 11.0. The van der Waals surface area contributed by atoms with Crippen molar-refractivity contribution in [3.63, 3.8) is 0 Å². The number of piperazine rings is 1. The van der Waals surface area contributed by atoms with Crippen molar-refractivity contribution in [2.24, 2.45) is 16.3 Å². The quantitative estimate of drug-likeness (QED) is 0.382. The molecular weight excluding hydrogens is 479 g/mol. The Balaban J connectivity index is 0.00000205. The molecule has 0 bridgehead atoms. The van der Waals surface area contributed by atoms with Gasteiger partial charge in [0.2, 0.25) is 5.95 Å². The van der Waals surface area contributed by atoms with Gasteiger partial charge in [-0.3, -0.25) is 4.99 Å². The van der Waals surface area contributed by atoms with Gasteiger partial charge in [0.25, 0.3) is 0 Å². The highest BCUT2D eigenvalue weighted by molar-refractivity contribution is 14.0. The Bertz CT molecular complexity index is 702. The Kier molecular flexibility index (Phi) is 6.48. The third kappa shape index (κ3) is 3.71. The summed E-state index contributed by atoms with van der Waals surface area (Å²) >= 11 is 0. The smallest absolute Gasteiger partial charge is 0.225 e. The number of hydrogen-bond acceptors (Lipinski definition) is 5. The standard InChI is InChI=1S/C21H32N6O.HI/c1-2-22-20(27-13-11-26(12-14-27)19-23-9-5-10-24-19)25-17-16-6-15-28-18(16)21(17)7-3-4-8-21;/h5,9-10,16-18H,2-4,6-8,11-15H2,1H3,(H,22,25);1H. The monoisotopic (exact) mass is 512 g/mol. The van der Waals surface area contributed by atoms with Gasteiger partial charge in [-0.1, -0.05) is 12.8 Å². The van der Waals surface area contributed by atoms with Gasteiger partial charge in [0.1, 0.15) is 0 Å². The Morgan fingerprint density at radius 3 is 2.62 bits per heavy atom.